The highest BCUT2D eigenvalue weighted by molar-refractivity contribution is 5.77. The summed E-state index contributed by atoms with van der Waals surface area (Å²) in [7, 11) is 4.90. The summed E-state index contributed by atoms with van der Waals surface area (Å²) in [6.45, 7) is 3.43. The molecular weight excluding hydrogens is 342 g/mol. The molecule has 0 saturated carbocycles. The molecule has 2 aromatic rings. The van der Waals surface area contributed by atoms with Gasteiger partial charge in [-0.25, -0.2) is 4.99 Å². The maximum Gasteiger partial charge on any atom is 0.188 e. The van der Waals surface area contributed by atoms with Crippen LogP contribution in [-0.4, -0.2) is 33.8 Å². The van der Waals surface area contributed by atoms with Crippen LogP contribution in [0.15, 0.2) is 47.5 Å². The van der Waals surface area contributed by atoms with Crippen molar-refractivity contribution in [2.75, 3.05) is 27.9 Å². The maximum absolute atomic E-state index is 5.98. The highest BCUT2D eigenvalue weighted by atomic mass is 16.5. The van der Waals surface area contributed by atoms with E-state index in [1.165, 1.54) is 5.56 Å². The van der Waals surface area contributed by atoms with Crippen molar-refractivity contribution in [3.8, 4) is 17.2 Å². The Hall–Kier alpha value is -2.89. The molecule has 0 aromatic heterocycles. The van der Waals surface area contributed by atoms with Gasteiger partial charge in [-0.3, -0.25) is 0 Å². The molecule has 27 heavy (non-hydrogen) atoms. The van der Waals surface area contributed by atoms with Crippen LogP contribution in [0.25, 0.3) is 0 Å². The summed E-state index contributed by atoms with van der Waals surface area (Å²) >= 11 is 0. The molecule has 0 bridgehead atoms. The number of ether oxygens (including phenoxy) is 3. The lowest BCUT2D eigenvalue weighted by Crippen LogP contribution is -2.32. The SMILES string of the molecule is COc1ccc(C(C)CCNC(N)=NCc2ccc(OC)c(OC)c2)cc1. The lowest BCUT2D eigenvalue weighted by atomic mass is 9.98. The number of methoxy groups -OCH3 is 3. The van der Waals surface area contributed by atoms with Crippen molar-refractivity contribution < 1.29 is 14.2 Å². The second-order valence-corrected chi connectivity index (χ2v) is 6.28. The summed E-state index contributed by atoms with van der Waals surface area (Å²) in [5.41, 5.74) is 8.26. The molecule has 2 rings (SSSR count). The van der Waals surface area contributed by atoms with Crippen molar-refractivity contribution in [2.45, 2.75) is 25.8 Å². The van der Waals surface area contributed by atoms with E-state index in [-0.39, 0.29) is 0 Å². The second-order valence-electron chi connectivity index (χ2n) is 6.28. The van der Waals surface area contributed by atoms with Gasteiger partial charge in [-0.15, -0.1) is 0 Å². The van der Waals surface area contributed by atoms with Crippen LogP contribution < -0.4 is 25.3 Å². The van der Waals surface area contributed by atoms with Crippen LogP contribution in [0, 0.1) is 0 Å². The molecule has 0 spiro atoms. The molecule has 0 heterocycles. The summed E-state index contributed by atoms with van der Waals surface area (Å²) in [6, 6.07) is 13.9. The number of hydrogen-bond acceptors (Lipinski definition) is 4. The Morgan fingerprint density at radius 3 is 2.33 bits per heavy atom. The van der Waals surface area contributed by atoms with Crippen LogP contribution in [0.5, 0.6) is 17.2 Å². The zero-order valence-corrected chi connectivity index (χ0v) is 16.5. The van der Waals surface area contributed by atoms with Crippen molar-refractivity contribution in [1.29, 1.82) is 0 Å². The third-order valence-electron chi connectivity index (χ3n) is 4.45. The summed E-state index contributed by atoms with van der Waals surface area (Å²) in [6.07, 6.45) is 0.957. The van der Waals surface area contributed by atoms with E-state index in [9.17, 15) is 0 Å². The van der Waals surface area contributed by atoms with Crippen LogP contribution in [0.3, 0.4) is 0 Å². The van der Waals surface area contributed by atoms with Gasteiger partial charge in [0.05, 0.1) is 27.9 Å². The van der Waals surface area contributed by atoms with Crippen LogP contribution in [0.2, 0.25) is 0 Å². The predicted molar refractivity (Wildman–Crippen MR) is 109 cm³/mol. The van der Waals surface area contributed by atoms with Crippen LogP contribution >= 0.6 is 0 Å². The lowest BCUT2D eigenvalue weighted by molar-refractivity contribution is 0.354. The Morgan fingerprint density at radius 1 is 1.00 bits per heavy atom. The van der Waals surface area contributed by atoms with Gasteiger partial charge in [0.2, 0.25) is 0 Å². The van der Waals surface area contributed by atoms with E-state index in [0.29, 0.717) is 29.9 Å². The number of nitrogens with zero attached hydrogens (tertiary/aromatic N) is 1. The van der Waals surface area contributed by atoms with Gasteiger partial charge in [-0.2, -0.15) is 0 Å². The molecule has 0 fully saturated rings. The van der Waals surface area contributed by atoms with E-state index < -0.39 is 0 Å². The first-order chi connectivity index (χ1) is 13.1. The Morgan fingerprint density at radius 2 is 1.70 bits per heavy atom. The average Bonchev–Trinajstić information content (AvgIpc) is 2.71. The van der Waals surface area contributed by atoms with Crippen LogP contribution in [-0.2, 0) is 6.54 Å². The van der Waals surface area contributed by atoms with Gasteiger partial charge in [-0.05, 0) is 47.7 Å². The van der Waals surface area contributed by atoms with E-state index in [0.717, 1.165) is 24.3 Å². The molecule has 6 heteroatoms. The maximum atomic E-state index is 5.98. The molecule has 0 radical (unpaired) electrons. The molecule has 3 N–H and O–H groups in total. The minimum atomic E-state index is 0.419. The quantitative estimate of drug-likeness (QED) is 0.522. The number of guanidine groups is 1. The molecule has 0 amide bonds. The average molecular weight is 371 g/mol. The molecule has 2 aromatic carbocycles. The summed E-state index contributed by atoms with van der Waals surface area (Å²) < 4.78 is 15.7. The van der Waals surface area contributed by atoms with Crippen molar-refractivity contribution in [3.63, 3.8) is 0 Å². The van der Waals surface area contributed by atoms with Gasteiger partial charge in [0.1, 0.15) is 5.75 Å². The highest BCUT2D eigenvalue weighted by Gasteiger charge is 2.06. The molecule has 0 aliphatic heterocycles. The lowest BCUT2D eigenvalue weighted by Gasteiger charge is -2.13. The molecular formula is C21H29N3O3. The van der Waals surface area contributed by atoms with Crippen molar-refractivity contribution >= 4 is 5.96 Å². The van der Waals surface area contributed by atoms with Crippen LogP contribution in [0.4, 0.5) is 0 Å². The van der Waals surface area contributed by atoms with Crippen molar-refractivity contribution in [3.05, 3.63) is 53.6 Å². The number of nitrogens with one attached hydrogen (secondary N) is 1. The van der Waals surface area contributed by atoms with Gasteiger partial charge in [-0.1, -0.05) is 25.1 Å². The third kappa shape index (κ3) is 6.09. The normalized spacial score (nSPS) is 12.4. The van der Waals surface area contributed by atoms with Crippen LogP contribution in [0.1, 0.15) is 30.4 Å². The number of rotatable bonds is 9. The highest BCUT2D eigenvalue weighted by Crippen LogP contribution is 2.27. The van der Waals surface area contributed by atoms with E-state index in [2.05, 4.69) is 29.4 Å². The van der Waals surface area contributed by atoms with E-state index in [1.807, 2.05) is 30.3 Å². The second kappa shape index (κ2) is 10.3. The van der Waals surface area contributed by atoms with Gasteiger partial charge < -0.3 is 25.3 Å². The Balaban J connectivity index is 1.81. The monoisotopic (exact) mass is 371 g/mol. The Kier molecular flexibility index (Phi) is 7.79. The molecule has 0 aliphatic carbocycles. The van der Waals surface area contributed by atoms with Gasteiger partial charge >= 0.3 is 0 Å². The molecule has 0 aliphatic rings. The Bertz CT molecular complexity index is 745. The zero-order valence-electron chi connectivity index (χ0n) is 16.5. The number of hydrogen-bond donors (Lipinski definition) is 2. The smallest absolute Gasteiger partial charge is 0.188 e. The fourth-order valence-corrected chi connectivity index (χ4v) is 2.73. The Labute approximate surface area is 161 Å². The van der Waals surface area contributed by atoms with E-state index in [1.54, 1.807) is 21.3 Å². The summed E-state index contributed by atoms with van der Waals surface area (Å²) in [5, 5.41) is 3.17. The fraction of sp³-hybridized carbons (Fsp3) is 0.381. The summed E-state index contributed by atoms with van der Waals surface area (Å²) in [4.78, 5) is 4.39. The number of nitrogens with two attached hydrogens (primary N) is 1. The van der Waals surface area contributed by atoms with Crippen molar-refractivity contribution in [2.24, 2.45) is 10.7 Å². The predicted octanol–water partition coefficient (Wildman–Crippen LogP) is 3.31. The topological polar surface area (TPSA) is 78.1 Å². The number of aliphatic imine (C=N–C) groups is 1. The number of benzene rings is 2. The van der Waals surface area contributed by atoms with Gasteiger partial charge in [0.15, 0.2) is 17.5 Å². The fourth-order valence-electron chi connectivity index (χ4n) is 2.73. The minimum Gasteiger partial charge on any atom is -0.497 e. The first-order valence-corrected chi connectivity index (χ1v) is 8.96. The van der Waals surface area contributed by atoms with Gasteiger partial charge in [0.25, 0.3) is 0 Å². The van der Waals surface area contributed by atoms with Gasteiger partial charge in [0, 0.05) is 6.54 Å². The van der Waals surface area contributed by atoms with E-state index >= 15 is 0 Å². The first kappa shape index (κ1) is 20.4. The molecule has 0 saturated heterocycles. The first-order valence-electron chi connectivity index (χ1n) is 8.96. The minimum absolute atomic E-state index is 0.419. The largest absolute Gasteiger partial charge is 0.497 e. The van der Waals surface area contributed by atoms with E-state index in [4.69, 9.17) is 19.9 Å². The molecule has 146 valence electrons. The molecule has 6 nitrogen and oxygen atoms in total. The standard InChI is InChI=1S/C21H29N3O3/c1-15(17-6-8-18(25-2)9-7-17)11-12-23-21(22)24-14-16-5-10-19(26-3)20(13-16)27-4/h5-10,13,15H,11-12,14H2,1-4H3,(H3,22,23,24). The molecule has 1 unspecified atom stereocenters. The van der Waals surface area contributed by atoms with Crippen molar-refractivity contribution in [1.82, 2.24) is 5.32 Å². The third-order valence-corrected chi connectivity index (χ3v) is 4.45. The molecule has 1 atom stereocenters. The summed E-state index contributed by atoms with van der Waals surface area (Å²) in [5.74, 6) is 3.11. The zero-order chi connectivity index (χ0) is 19.6.